The Morgan fingerprint density at radius 1 is 1.59 bits per heavy atom. The van der Waals surface area contributed by atoms with Gasteiger partial charge in [-0.25, -0.2) is 0 Å². The summed E-state index contributed by atoms with van der Waals surface area (Å²) in [4.78, 5) is 11.9. The van der Waals surface area contributed by atoms with E-state index in [1.54, 1.807) is 18.2 Å². The summed E-state index contributed by atoms with van der Waals surface area (Å²) in [6.07, 6.45) is 0.717. The normalized spacial score (nSPS) is 18.7. The number of carbonyl (C=O) groups is 1. The van der Waals surface area contributed by atoms with Crippen molar-refractivity contribution in [2.24, 2.45) is 5.92 Å². The highest BCUT2D eigenvalue weighted by Crippen LogP contribution is 2.22. The van der Waals surface area contributed by atoms with Crippen LogP contribution in [0, 0.1) is 17.2 Å². The largest absolute Gasteiger partial charge is 0.381 e. The summed E-state index contributed by atoms with van der Waals surface area (Å²) in [5, 5.41) is 12.1. The van der Waals surface area contributed by atoms with Gasteiger partial charge in [-0.1, -0.05) is 11.6 Å². The first kappa shape index (κ1) is 11.9. The van der Waals surface area contributed by atoms with E-state index >= 15 is 0 Å². The molecule has 1 heterocycles. The van der Waals surface area contributed by atoms with Crippen LogP contribution in [0.5, 0.6) is 0 Å². The molecule has 4 nitrogen and oxygen atoms in total. The number of hydrogen-bond acceptors (Lipinski definition) is 3. The minimum atomic E-state index is -0.138. The van der Waals surface area contributed by atoms with Crippen molar-refractivity contribution < 1.29 is 9.53 Å². The summed E-state index contributed by atoms with van der Waals surface area (Å²) in [5.74, 6) is -0.262. The van der Waals surface area contributed by atoms with E-state index in [9.17, 15) is 4.79 Å². The number of nitrogens with zero attached hydrogens (tertiary/aromatic N) is 1. The predicted octanol–water partition coefficient (Wildman–Crippen LogP) is 2.19. The van der Waals surface area contributed by atoms with Crippen molar-refractivity contribution in [3.05, 3.63) is 28.8 Å². The maximum atomic E-state index is 11.9. The third-order valence-corrected chi connectivity index (χ3v) is 2.90. The van der Waals surface area contributed by atoms with Crippen LogP contribution in [0.25, 0.3) is 0 Å². The Balaban J connectivity index is 2.15. The first-order valence-electron chi connectivity index (χ1n) is 5.29. The van der Waals surface area contributed by atoms with Crippen LogP contribution in [-0.4, -0.2) is 19.1 Å². The summed E-state index contributed by atoms with van der Waals surface area (Å²) < 4.78 is 5.14. The van der Waals surface area contributed by atoms with Crippen molar-refractivity contribution in [3.8, 4) is 6.07 Å². The molecular formula is C12H11ClN2O2. The topological polar surface area (TPSA) is 62.1 Å². The fraction of sp³-hybridized carbons (Fsp3) is 0.333. The maximum absolute atomic E-state index is 11.9. The van der Waals surface area contributed by atoms with Gasteiger partial charge in [-0.2, -0.15) is 5.26 Å². The van der Waals surface area contributed by atoms with Crippen LogP contribution < -0.4 is 5.32 Å². The summed E-state index contributed by atoms with van der Waals surface area (Å²) in [5.41, 5.74) is 0.860. The average Bonchev–Trinajstić information content (AvgIpc) is 2.83. The van der Waals surface area contributed by atoms with E-state index in [2.05, 4.69) is 5.32 Å². The van der Waals surface area contributed by atoms with E-state index in [0.29, 0.717) is 35.9 Å². The number of anilines is 1. The van der Waals surface area contributed by atoms with Gasteiger partial charge in [0.1, 0.15) is 6.07 Å². The van der Waals surface area contributed by atoms with Crippen LogP contribution in [0.3, 0.4) is 0 Å². The van der Waals surface area contributed by atoms with Crippen molar-refractivity contribution in [3.63, 3.8) is 0 Å². The number of carbonyl (C=O) groups excluding carboxylic acids is 1. The lowest BCUT2D eigenvalue weighted by Gasteiger charge is -2.10. The molecule has 2 rings (SSSR count). The molecule has 17 heavy (non-hydrogen) atoms. The van der Waals surface area contributed by atoms with Gasteiger partial charge in [0.05, 0.1) is 23.8 Å². The van der Waals surface area contributed by atoms with Gasteiger partial charge in [-0.15, -0.1) is 0 Å². The maximum Gasteiger partial charge on any atom is 0.229 e. The third-order valence-electron chi connectivity index (χ3n) is 2.66. The second-order valence-corrected chi connectivity index (χ2v) is 4.29. The van der Waals surface area contributed by atoms with Crippen molar-refractivity contribution in [2.75, 3.05) is 18.5 Å². The number of benzene rings is 1. The highest BCUT2D eigenvalue weighted by molar-refractivity contribution is 6.31. The standard InChI is InChI=1S/C12H11ClN2O2/c13-10-2-1-8(6-14)11(5-10)15-12(16)9-3-4-17-7-9/h1-2,5,9H,3-4,7H2,(H,15,16). The molecule has 1 atom stereocenters. The van der Waals surface area contributed by atoms with E-state index < -0.39 is 0 Å². The fourth-order valence-electron chi connectivity index (χ4n) is 1.69. The van der Waals surface area contributed by atoms with Gasteiger partial charge in [-0.3, -0.25) is 4.79 Å². The minimum Gasteiger partial charge on any atom is -0.381 e. The Hall–Kier alpha value is -1.57. The summed E-state index contributed by atoms with van der Waals surface area (Å²) in [7, 11) is 0. The number of halogens is 1. The van der Waals surface area contributed by atoms with Crippen LogP contribution >= 0.6 is 11.6 Å². The van der Waals surface area contributed by atoms with E-state index in [-0.39, 0.29) is 11.8 Å². The molecule has 1 fully saturated rings. The number of rotatable bonds is 2. The number of hydrogen-bond donors (Lipinski definition) is 1. The molecule has 5 heteroatoms. The molecule has 1 unspecified atom stereocenters. The zero-order valence-electron chi connectivity index (χ0n) is 9.07. The molecule has 0 bridgehead atoms. The van der Waals surface area contributed by atoms with Gasteiger partial charge < -0.3 is 10.1 Å². The van der Waals surface area contributed by atoms with E-state index in [4.69, 9.17) is 21.6 Å². The molecule has 88 valence electrons. The Morgan fingerprint density at radius 3 is 3.06 bits per heavy atom. The molecule has 0 saturated carbocycles. The van der Waals surface area contributed by atoms with Crippen LogP contribution in [-0.2, 0) is 9.53 Å². The lowest BCUT2D eigenvalue weighted by atomic mass is 10.1. The molecule has 1 aromatic carbocycles. The summed E-state index contributed by atoms with van der Waals surface area (Å²) in [6, 6.07) is 6.80. The number of ether oxygens (including phenoxy) is 1. The third kappa shape index (κ3) is 2.76. The molecule has 1 N–H and O–H groups in total. The van der Waals surface area contributed by atoms with Crippen LogP contribution in [0.1, 0.15) is 12.0 Å². The summed E-state index contributed by atoms with van der Waals surface area (Å²) in [6.45, 7) is 1.05. The monoisotopic (exact) mass is 250 g/mol. The summed E-state index contributed by atoms with van der Waals surface area (Å²) >= 11 is 5.83. The molecule has 1 aliphatic heterocycles. The minimum absolute atomic E-state index is 0.124. The Labute approximate surface area is 104 Å². The molecule has 0 aliphatic carbocycles. The molecule has 0 aromatic heterocycles. The second-order valence-electron chi connectivity index (χ2n) is 3.85. The smallest absolute Gasteiger partial charge is 0.229 e. The zero-order valence-corrected chi connectivity index (χ0v) is 9.83. The van der Waals surface area contributed by atoms with Crippen molar-refractivity contribution in [1.29, 1.82) is 5.26 Å². The van der Waals surface area contributed by atoms with Crippen molar-refractivity contribution in [2.45, 2.75) is 6.42 Å². The highest BCUT2D eigenvalue weighted by Gasteiger charge is 2.24. The molecular weight excluding hydrogens is 240 g/mol. The molecule has 1 saturated heterocycles. The lowest BCUT2D eigenvalue weighted by Crippen LogP contribution is -2.23. The molecule has 1 aliphatic rings. The molecule has 0 radical (unpaired) electrons. The van der Waals surface area contributed by atoms with Gasteiger partial charge in [0.25, 0.3) is 0 Å². The van der Waals surface area contributed by atoms with Crippen LogP contribution in [0.2, 0.25) is 5.02 Å². The zero-order chi connectivity index (χ0) is 12.3. The number of nitrogens with one attached hydrogen (secondary N) is 1. The van der Waals surface area contributed by atoms with E-state index in [1.165, 1.54) is 0 Å². The van der Waals surface area contributed by atoms with Crippen molar-refractivity contribution >= 4 is 23.2 Å². The molecule has 0 spiro atoms. The molecule has 1 aromatic rings. The average molecular weight is 251 g/mol. The first-order chi connectivity index (χ1) is 8.20. The quantitative estimate of drug-likeness (QED) is 0.875. The van der Waals surface area contributed by atoms with E-state index in [0.717, 1.165) is 0 Å². The van der Waals surface area contributed by atoms with Gasteiger partial charge in [0, 0.05) is 11.6 Å². The number of nitriles is 1. The predicted molar refractivity (Wildman–Crippen MR) is 63.7 cm³/mol. The Kier molecular flexibility index (Phi) is 3.62. The van der Waals surface area contributed by atoms with Crippen molar-refractivity contribution in [1.82, 2.24) is 0 Å². The first-order valence-corrected chi connectivity index (χ1v) is 5.67. The Morgan fingerprint density at radius 2 is 2.41 bits per heavy atom. The Bertz CT molecular complexity index is 476. The van der Waals surface area contributed by atoms with Crippen LogP contribution in [0.4, 0.5) is 5.69 Å². The SMILES string of the molecule is N#Cc1ccc(Cl)cc1NC(=O)C1CCOC1. The van der Waals surface area contributed by atoms with Gasteiger partial charge in [-0.05, 0) is 24.6 Å². The lowest BCUT2D eigenvalue weighted by molar-refractivity contribution is -0.119. The molecule has 1 amide bonds. The second kappa shape index (κ2) is 5.17. The van der Waals surface area contributed by atoms with Gasteiger partial charge in [0.2, 0.25) is 5.91 Å². The highest BCUT2D eigenvalue weighted by atomic mass is 35.5. The van der Waals surface area contributed by atoms with Gasteiger partial charge in [0.15, 0.2) is 0 Å². The van der Waals surface area contributed by atoms with Gasteiger partial charge >= 0.3 is 0 Å². The fourth-order valence-corrected chi connectivity index (χ4v) is 1.87. The number of amides is 1. The van der Waals surface area contributed by atoms with Crippen LogP contribution in [0.15, 0.2) is 18.2 Å². The van der Waals surface area contributed by atoms with E-state index in [1.807, 2.05) is 6.07 Å².